The van der Waals surface area contributed by atoms with Gasteiger partial charge in [0.2, 0.25) is 0 Å². The van der Waals surface area contributed by atoms with Gasteiger partial charge >= 0.3 is 0 Å². The first-order valence-electron chi connectivity index (χ1n) is 18.5. The number of hydrogen-bond acceptors (Lipinski definition) is 5. The second-order valence-electron chi connectivity index (χ2n) is 14.3. The molecule has 0 aromatic heterocycles. The maximum Gasteiger partial charge on any atom is 0.132 e. The van der Waals surface area contributed by atoms with Crippen LogP contribution in [-0.4, -0.2) is 12.1 Å². The van der Waals surface area contributed by atoms with Gasteiger partial charge in [-0.15, -0.1) is 0 Å². The average Bonchev–Trinajstić information content (AvgIpc) is 3.51. The molecule has 54 heavy (non-hydrogen) atoms. The van der Waals surface area contributed by atoms with Crippen LogP contribution in [0, 0.1) is 0 Å². The smallest absolute Gasteiger partial charge is 0.132 e. The lowest BCUT2D eigenvalue weighted by Crippen LogP contribution is -2.45. The molecule has 7 aromatic rings. The van der Waals surface area contributed by atoms with Crippen molar-refractivity contribution in [1.82, 2.24) is 10.6 Å². The van der Waals surface area contributed by atoms with Gasteiger partial charge in [0, 0.05) is 34.7 Å². The van der Waals surface area contributed by atoms with Crippen molar-refractivity contribution in [3.05, 3.63) is 221 Å². The average molecular weight is 695 g/mol. The molecule has 3 aliphatic heterocycles. The summed E-state index contributed by atoms with van der Waals surface area (Å²) in [6.45, 7) is 0. The molecule has 11 rings (SSSR count). The number of fused-ring (bicyclic) bond motifs is 9. The Morgan fingerprint density at radius 2 is 1.15 bits per heavy atom. The fourth-order valence-electron chi connectivity index (χ4n) is 8.74. The number of nitrogens with one attached hydrogen (secondary N) is 2. The molecule has 0 bridgehead atoms. The number of para-hydroxylation sites is 2. The number of allylic oxidation sites excluding steroid dienone is 1. The SMILES string of the molecule is C1=NC=C1c1ccc(-c2cccc(C3N=C(c4ccccc4)NC(c4ccc5c(c4)C4(c6ccccc6Oc6ccccc64)c4ccccc4-5)N3)c2)cc1. The molecular formula is C49H34N4O. The molecule has 2 unspecified atom stereocenters. The van der Waals surface area contributed by atoms with Crippen LogP contribution in [0.3, 0.4) is 0 Å². The molecule has 0 saturated carbocycles. The Bertz CT molecular complexity index is 2660. The molecule has 0 saturated heterocycles. The molecule has 0 radical (unpaired) electrons. The summed E-state index contributed by atoms with van der Waals surface area (Å²) in [6, 6.07) is 60.7. The zero-order valence-electron chi connectivity index (χ0n) is 29.3. The molecule has 2 atom stereocenters. The molecule has 0 amide bonds. The Balaban J connectivity index is 1.03. The topological polar surface area (TPSA) is 58.0 Å². The van der Waals surface area contributed by atoms with E-state index in [0.717, 1.165) is 61.9 Å². The van der Waals surface area contributed by atoms with Crippen molar-refractivity contribution in [1.29, 1.82) is 0 Å². The molecule has 2 N–H and O–H groups in total. The number of hydrogen-bond donors (Lipinski definition) is 2. The Hall–Kier alpha value is -6.82. The Morgan fingerprint density at radius 3 is 1.89 bits per heavy atom. The summed E-state index contributed by atoms with van der Waals surface area (Å²) in [5.74, 6) is 2.63. The summed E-state index contributed by atoms with van der Waals surface area (Å²) in [5.41, 5.74) is 14.7. The largest absolute Gasteiger partial charge is 0.457 e. The van der Waals surface area contributed by atoms with Gasteiger partial charge in [0.05, 0.1) is 5.41 Å². The van der Waals surface area contributed by atoms with E-state index in [0.29, 0.717) is 0 Å². The number of benzene rings is 7. The Labute approximate surface area is 314 Å². The van der Waals surface area contributed by atoms with Crippen molar-refractivity contribution in [3.8, 4) is 33.8 Å². The second kappa shape index (κ2) is 12.1. The molecule has 7 aromatic carbocycles. The van der Waals surface area contributed by atoms with Crippen molar-refractivity contribution >= 4 is 17.6 Å². The van der Waals surface area contributed by atoms with Crippen LogP contribution in [0.5, 0.6) is 11.5 Å². The lowest BCUT2D eigenvalue weighted by Gasteiger charge is -2.39. The summed E-state index contributed by atoms with van der Waals surface area (Å²) in [6.07, 6.45) is 3.29. The third-order valence-electron chi connectivity index (χ3n) is 11.3. The predicted octanol–water partition coefficient (Wildman–Crippen LogP) is 10.6. The van der Waals surface area contributed by atoms with E-state index < -0.39 is 5.41 Å². The first-order chi connectivity index (χ1) is 26.7. The van der Waals surface area contributed by atoms with Crippen molar-refractivity contribution in [3.63, 3.8) is 0 Å². The number of amidine groups is 1. The highest BCUT2D eigenvalue weighted by Gasteiger charge is 2.51. The van der Waals surface area contributed by atoms with Gasteiger partial charge in [-0.25, -0.2) is 4.99 Å². The zero-order valence-corrected chi connectivity index (χ0v) is 29.3. The molecule has 1 spiro atoms. The lowest BCUT2D eigenvalue weighted by molar-refractivity contribution is 0.408. The zero-order chi connectivity index (χ0) is 35.6. The van der Waals surface area contributed by atoms with Gasteiger partial charge in [-0.1, -0.05) is 152 Å². The molecule has 0 fully saturated rings. The van der Waals surface area contributed by atoms with E-state index in [1.807, 2.05) is 18.5 Å². The molecule has 5 nitrogen and oxygen atoms in total. The van der Waals surface area contributed by atoms with Crippen LogP contribution >= 0.6 is 0 Å². The van der Waals surface area contributed by atoms with Crippen LogP contribution in [-0.2, 0) is 5.41 Å². The van der Waals surface area contributed by atoms with Crippen molar-refractivity contribution in [2.24, 2.45) is 9.98 Å². The Morgan fingerprint density at radius 1 is 0.500 bits per heavy atom. The molecule has 256 valence electrons. The van der Waals surface area contributed by atoms with Crippen LogP contribution in [0.1, 0.15) is 56.8 Å². The van der Waals surface area contributed by atoms with Gasteiger partial charge < -0.3 is 10.1 Å². The summed E-state index contributed by atoms with van der Waals surface area (Å²) in [7, 11) is 0. The third kappa shape index (κ3) is 4.69. The summed E-state index contributed by atoms with van der Waals surface area (Å²) < 4.78 is 6.58. The number of nitrogens with zero attached hydrogens (tertiary/aromatic N) is 2. The summed E-state index contributed by atoms with van der Waals surface area (Å²) >= 11 is 0. The van der Waals surface area contributed by atoms with Crippen LogP contribution in [0.2, 0.25) is 0 Å². The van der Waals surface area contributed by atoms with E-state index in [-0.39, 0.29) is 12.3 Å². The van der Waals surface area contributed by atoms with Gasteiger partial charge in [-0.05, 0) is 68.3 Å². The minimum absolute atomic E-state index is 0.223. The molecule has 4 aliphatic rings. The monoisotopic (exact) mass is 694 g/mol. The number of rotatable bonds is 5. The maximum absolute atomic E-state index is 6.58. The van der Waals surface area contributed by atoms with Crippen molar-refractivity contribution < 1.29 is 4.74 Å². The third-order valence-corrected chi connectivity index (χ3v) is 11.3. The van der Waals surface area contributed by atoms with E-state index in [9.17, 15) is 0 Å². The normalized spacial score (nSPS) is 18.1. The van der Waals surface area contributed by atoms with Gasteiger partial charge in [0.15, 0.2) is 0 Å². The fraction of sp³-hybridized carbons (Fsp3) is 0.0612. The molecular weight excluding hydrogens is 661 g/mol. The second-order valence-corrected chi connectivity index (χ2v) is 14.3. The quantitative estimate of drug-likeness (QED) is 0.189. The van der Waals surface area contributed by atoms with Gasteiger partial charge in [0.25, 0.3) is 0 Å². The van der Waals surface area contributed by atoms with E-state index in [2.05, 4.69) is 179 Å². The highest BCUT2D eigenvalue weighted by atomic mass is 16.5. The minimum Gasteiger partial charge on any atom is -0.457 e. The molecule has 3 heterocycles. The molecule has 1 aliphatic carbocycles. The van der Waals surface area contributed by atoms with Crippen LogP contribution < -0.4 is 15.4 Å². The first kappa shape index (κ1) is 30.8. The van der Waals surface area contributed by atoms with E-state index >= 15 is 0 Å². The van der Waals surface area contributed by atoms with E-state index in [1.54, 1.807) is 0 Å². The number of ether oxygens (including phenoxy) is 1. The maximum atomic E-state index is 6.58. The molecule has 5 heteroatoms. The van der Waals surface area contributed by atoms with Crippen LogP contribution in [0.15, 0.2) is 186 Å². The van der Waals surface area contributed by atoms with Gasteiger partial charge in [-0.2, -0.15) is 0 Å². The van der Waals surface area contributed by atoms with E-state index in [4.69, 9.17) is 9.73 Å². The summed E-state index contributed by atoms with van der Waals surface area (Å²) in [4.78, 5) is 9.42. The van der Waals surface area contributed by atoms with Crippen molar-refractivity contribution in [2.45, 2.75) is 17.7 Å². The van der Waals surface area contributed by atoms with Crippen molar-refractivity contribution in [2.75, 3.05) is 0 Å². The fourth-order valence-corrected chi connectivity index (χ4v) is 8.74. The highest BCUT2D eigenvalue weighted by molar-refractivity contribution is 6.14. The lowest BCUT2D eigenvalue weighted by atomic mass is 9.66. The predicted molar refractivity (Wildman–Crippen MR) is 217 cm³/mol. The first-order valence-corrected chi connectivity index (χ1v) is 18.5. The number of aliphatic imine (C=N–C) groups is 2. The minimum atomic E-state index is -0.538. The van der Waals surface area contributed by atoms with E-state index in [1.165, 1.54) is 27.8 Å². The standard InChI is InChI=1S/C49H34N4O/c1-2-11-33(12-3-1)46-51-47(35-14-10-13-34(27-35)31-21-23-32(24-22-31)37-29-50-30-37)53-48(52-46)36-25-26-39-38-15-4-5-16-40(38)49(43(39)28-36)41-17-6-8-19-44(41)54-45-20-9-7-18-42(45)49/h1-30,47-48,53H,(H,51,52). The van der Waals surface area contributed by atoms with Gasteiger partial charge in [0.1, 0.15) is 29.7 Å². The summed E-state index contributed by atoms with van der Waals surface area (Å²) in [5, 5.41) is 7.70. The Kier molecular flexibility index (Phi) is 6.91. The van der Waals surface area contributed by atoms with Crippen LogP contribution in [0.25, 0.3) is 27.8 Å². The van der Waals surface area contributed by atoms with Gasteiger partial charge in [-0.3, -0.25) is 10.3 Å². The highest BCUT2D eigenvalue weighted by Crippen LogP contribution is 2.62. The van der Waals surface area contributed by atoms with Crippen LogP contribution in [0.4, 0.5) is 0 Å².